The van der Waals surface area contributed by atoms with Gasteiger partial charge in [-0.2, -0.15) is 0 Å². The third-order valence-electron chi connectivity index (χ3n) is 4.20. The first kappa shape index (κ1) is 18.6. The fourth-order valence-corrected chi connectivity index (χ4v) is 3.16. The number of fused-ring (bicyclic) bond motifs is 1. The van der Waals surface area contributed by atoms with Crippen LogP contribution in [-0.2, 0) is 20.0 Å². The van der Waals surface area contributed by atoms with Crippen molar-refractivity contribution in [2.75, 3.05) is 13.6 Å². The number of guanidine groups is 1. The van der Waals surface area contributed by atoms with Crippen LogP contribution in [0.2, 0.25) is 10.2 Å². The second kappa shape index (κ2) is 8.47. The monoisotopic (exact) mass is 392 g/mol. The maximum atomic E-state index is 6.09. The predicted octanol–water partition coefficient (Wildman–Crippen LogP) is 3.51. The summed E-state index contributed by atoms with van der Waals surface area (Å²) in [5, 5.41) is 7.67. The number of nitrogens with zero attached hydrogens (tertiary/aromatic N) is 3. The van der Waals surface area contributed by atoms with Gasteiger partial charge in [-0.1, -0.05) is 35.3 Å². The van der Waals surface area contributed by atoms with E-state index in [0.29, 0.717) is 16.7 Å². The highest BCUT2D eigenvalue weighted by atomic mass is 35.5. The SMILES string of the molecule is CN=C(NCCCc1nc2ccccc2[nH]1)NCc1cc(Cl)c(Cl)n1C. The molecule has 0 fully saturated rings. The van der Waals surface area contributed by atoms with Crippen molar-refractivity contribution >= 4 is 40.2 Å². The maximum Gasteiger partial charge on any atom is 0.191 e. The van der Waals surface area contributed by atoms with Crippen LogP contribution < -0.4 is 10.6 Å². The Kier molecular flexibility index (Phi) is 6.06. The van der Waals surface area contributed by atoms with E-state index in [-0.39, 0.29) is 0 Å². The minimum atomic E-state index is 0.539. The number of rotatable bonds is 6. The summed E-state index contributed by atoms with van der Waals surface area (Å²) in [5.41, 5.74) is 3.07. The number of nitrogens with one attached hydrogen (secondary N) is 3. The predicted molar refractivity (Wildman–Crippen MR) is 108 cm³/mol. The molecule has 0 atom stereocenters. The number of hydrogen-bond donors (Lipinski definition) is 3. The van der Waals surface area contributed by atoms with Crippen molar-refractivity contribution in [3.05, 3.63) is 52.0 Å². The Morgan fingerprint density at radius 3 is 2.77 bits per heavy atom. The highest BCUT2D eigenvalue weighted by Crippen LogP contribution is 2.24. The first-order chi connectivity index (χ1) is 12.6. The first-order valence-electron chi connectivity index (χ1n) is 8.46. The van der Waals surface area contributed by atoms with E-state index in [2.05, 4.69) is 25.6 Å². The van der Waals surface area contributed by atoms with Gasteiger partial charge in [0, 0.05) is 32.8 Å². The van der Waals surface area contributed by atoms with Crippen molar-refractivity contribution in [3.8, 4) is 0 Å². The third kappa shape index (κ3) is 4.31. The lowest BCUT2D eigenvalue weighted by Crippen LogP contribution is -2.37. The number of aromatic amines is 1. The number of hydrogen-bond acceptors (Lipinski definition) is 2. The number of H-pyrrole nitrogens is 1. The number of aromatic nitrogens is 3. The van der Waals surface area contributed by atoms with E-state index in [4.69, 9.17) is 23.2 Å². The smallest absolute Gasteiger partial charge is 0.191 e. The quantitative estimate of drug-likeness (QED) is 0.341. The Labute approximate surface area is 162 Å². The molecule has 0 aliphatic rings. The van der Waals surface area contributed by atoms with Crippen molar-refractivity contribution in [3.63, 3.8) is 0 Å². The van der Waals surface area contributed by atoms with E-state index in [9.17, 15) is 0 Å². The summed E-state index contributed by atoms with van der Waals surface area (Å²) in [6.07, 6.45) is 1.82. The van der Waals surface area contributed by atoms with Crippen LogP contribution in [0.5, 0.6) is 0 Å². The van der Waals surface area contributed by atoms with Gasteiger partial charge >= 0.3 is 0 Å². The third-order valence-corrected chi connectivity index (χ3v) is 5.04. The fourth-order valence-electron chi connectivity index (χ4n) is 2.74. The molecule has 0 saturated carbocycles. The summed E-state index contributed by atoms with van der Waals surface area (Å²) in [6.45, 7) is 1.39. The second-order valence-corrected chi connectivity index (χ2v) is 6.76. The fraction of sp³-hybridized carbons (Fsp3) is 0.333. The molecule has 3 aromatic rings. The zero-order valence-electron chi connectivity index (χ0n) is 14.8. The van der Waals surface area contributed by atoms with Crippen LogP contribution in [0.25, 0.3) is 11.0 Å². The molecule has 3 N–H and O–H groups in total. The summed E-state index contributed by atoms with van der Waals surface area (Å²) in [6, 6.07) is 9.91. The molecular formula is C18H22Cl2N6. The van der Waals surface area contributed by atoms with Gasteiger partial charge in [-0.05, 0) is 24.6 Å². The molecule has 138 valence electrons. The lowest BCUT2D eigenvalue weighted by Gasteiger charge is -2.12. The number of aliphatic imine (C=N–C) groups is 1. The minimum Gasteiger partial charge on any atom is -0.356 e. The molecule has 2 heterocycles. The lowest BCUT2D eigenvalue weighted by molar-refractivity contribution is 0.713. The second-order valence-electron chi connectivity index (χ2n) is 5.99. The number of imidazole rings is 1. The molecule has 8 heteroatoms. The Morgan fingerprint density at radius 2 is 2.08 bits per heavy atom. The molecule has 0 unspecified atom stereocenters. The summed E-state index contributed by atoms with van der Waals surface area (Å²) in [5.74, 6) is 1.74. The molecule has 3 rings (SSSR count). The number of para-hydroxylation sites is 2. The van der Waals surface area contributed by atoms with Crippen LogP contribution >= 0.6 is 23.2 Å². The van der Waals surface area contributed by atoms with Crippen molar-refractivity contribution < 1.29 is 0 Å². The van der Waals surface area contributed by atoms with Crippen LogP contribution in [0.15, 0.2) is 35.3 Å². The Bertz CT molecular complexity index is 879. The molecule has 0 aliphatic carbocycles. The maximum absolute atomic E-state index is 6.09. The van der Waals surface area contributed by atoms with Gasteiger partial charge in [0.1, 0.15) is 11.0 Å². The van der Waals surface area contributed by atoms with Crippen LogP contribution in [0.4, 0.5) is 0 Å². The molecule has 0 radical (unpaired) electrons. The Balaban J connectivity index is 1.44. The van der Waals surface area contributed by atoms with Crippen LogP contribution in [0.3, 0.4) is 0 Å². The highest BCUT2D eigenvalue weighted by molar-refractivity contribution is 6.41. The Hall–Kier alpha value is -2.18. The molecule has 0 aliphatic heterocycles. The summed E-state index contributed by atoms with van der Waals surface area (Å²) < 4.78 is 1.85. The zero-order chi connectivity index (χ0) is 18.5. The van der Waals surface area contributed by atoms with Crippen molar-refractivity contribution in [1.29, 1.82) is 0 Å². The summed E-state index contributed by atoms with van der Waals surface area (Å²) >= 11 is 12.1. The molecule has 26 heavy (non-hydrogen) atoms. The van der Waals surface area contributed by atoms with E-state index in [1.165, 1.54) is 0 Å². The normalized spacial score (nSPS) is 11.9. The van der Waals surface area contributed by atoms with Gasteiger partial charge in [0.25, 0.3) is 0 Å². The number of aryl methyl sites for hydroxylation is 1. The van der Waals surface area contributed by atoms with Gasteiger partial charge in [0.15, 0.2) is 5.96 Å². The molecule has 6 nitrogen and oxygen atoms in total. The largest absolute Gasteiger partial charge is 0.356 e. The minimum absolute atomic E-state index is 0.539. The zero-order valence-corrected chi connectivity index (χ0v) is 16.3. The average Bonchev–Trinajstić information content (AvgIpc) is 3.17. The molecule has 0 bridgehead atoms. The number of halogens is 2. The average molecular weight is 393 g/mol. The van der Waals surface area contributed by atoms with Gasteiger partial charge in [-0.15, -0.1) is 0 Å². The van der Waals surface area contributed by atoms with E-state index in [0.717, 1.165) is 47.9 Å². The standard InChI is InChI=1S/C18H22Cl2N6/c1-21-18(23-11-12-10-13(19)17(20)26(12)2)22-9-5-8-16-24-14-6-3-4-7-15(14)25-16/h3-4,6-7,10H,5,8-9,11H2,1-2H3,(H,24,25)(H2,21,22,23). The van der Waals surface area contributed by atoms with E-state index < -0.39 is 0 Å². The van der Waals surface area contributed by atoms with Gasteiger partial charge in [0.05, 0.1) is 22.6 Å². The molecule has 0 spiro atoms. The topological polar surface area (TPSA) is 70.0 Å². The van der Waals surface area contributed by atoms with Crippen LogP contribution in [0, 0.1) is 0 Å². The lowest BCUT2D eigenvalue weighted by atomic mass is 10.3. The van der Waals surface area contributed by atoms with E-state index in [1.54, 1.807) is 7.05 Å². The summed E-state index contributed by atoms with van der Waals surface area (Å²) in [7, 11) is 3.63. The molecular weight excluding hydrogens is 371 g/mol. The van der Waals surface area contributed by atoms with Gasteiger partial charge in [-0.3, -0.25) is 4.99 Å². The van der Waals surface area contributed by atoms with E-state index in [1.807, 2.05) is 41.9 Å². The molecule has 0 saturated heterocycles. The number of benzene rings is 1. The molecule has 2 aromatic heterocycles. The van der Waals surface area contributed by atoms with Crippen LogP contribution in [0.1, 0.15) is 17.9 Å². The van der Waals surface area contributed by atoms with Crippen molar-refractivity contribution in [2.45, 2.75) is 19.4 Å². The molecule has 0 amide bonds. The van der Waals surface area contributed by atoms with Crippen LogP contribution in [-0.4, -0.2) is 34.1 Å². The van der Waals surface area contributed by atoms with Crippen molar-refractivity contribution in [1.82, 2.24) is 25.2 Å². The van der Waals surface area contributed by atoms with Gasteiger partial charge in [-0.25, -0.2) is 4.98 Å². The van der Waals surface area contributed by atoms with Gasteiger partial charge in [0.2, 0.25) is 0 Å². The van der Waals surface area contributed by atoms with Crippen molar-refractivity contribution in [2.24, 2.45) is 12.0 Å². The summed E-state index contributed by atoms with van der Waals surface area (Å²) in [4.78, 5) is 12.2. The highest BCUT2D eigenvalue weighted by Gasteiger charge is 2.09. The van der Waals surface area contributed by atoms with E-state index >= 15 is 0 Å². The Morgan fingerprint density at radius 1 is 1.27 bits per heavy atom. The van der Waals surface area contributed by atoms with Gasteiger partial charge < -0.3 is 20.2 Å². The first-order valence-corrected chi connectivity index (χ1v) is 9.22. The molecule has 1 aromatic carbocycles.